The van der Waals surface area contributed by atoms with Gasteiger partial charge in [-0.25, -0.2) is 15.0 Å². The predicted octanol–water partition coefficient (Wildman–Crippen LogP) is -0.103. The van der Waals surface area contributed by atoms with E-state index in [0.717, 1.165) is 0 Å². The van der Waals surface area contributed by atoms with Gasteiger partial charge in [-0.15, -0.1) is 0 Å². The van der Waals surface area contributed by atoms with Gasteiger partial charge >= 0.3 is 0 Å². The highest BCUT2D eigenvalue weighted by molar-refractivity contribution is 5.82. The van der Waals surface area contributed by atoms with E-state index >= 15 is 0 Å². The van der Waals surface area contributed by atoms with Crippen LogP contribution in [0.25, 0.3) is 11.2 Å². The van der Waals surface area contributed by atoms with E-state index in [2.05, 4.69) is 20.3 Å². The Morgan fingerprint density at radius 1 is 1.30 bits per heavy atom. The molecule has 4 atom stereocenters. The van der Waals surface area contributed by atoms with Gasteiger partial charge in [0.05, 0.1) is 12.4 Å². The Bertz CT molecular complexity index is 616. The molecule has 20 heavy (non-hydrogen) atoms. The number of aliphatic hydroxyl groups excluding tert-OH is 2. The Labute approximate surface area is 115 Å². The summed E-state index contributed by atoms with van der Waals surface area (Å²) >= 11 is 0. The number of ether oxygens (including phenoxy) is 1. The van der Waals surface area contributed by atoms with E-state index < -0.39 is 24.5 Å². The van der Waals surface area contributed by atoms with Gasteiger partial charge < -0.3 is 20.3 Å². The van der Waals surface area contributed by atoms with Crippen LogP contribution in [0.4, 0.5) is 5.82 Å². The van der Waals surface area contributed by atoms with Crippen molar-refractivity contribution in [3.8, 4) is 0 Å². The molecule has 8 heteroatoms. The Hall–Kier alpha value is -1.77. The second-order valence-corrected chi connectivity index (χ2v) is 4.75. The lowest BCUT2D eigenvalue weighted by molar-refractivity contribution is -0.0355. The monoisotopic (exact) mass is 279 g/mol. The van der Waals surface area contributed by atoms with Crippen molar-refractivity contribution in [2.75, 3.05) is 12.4 Å². The number of hydrogen-bond donors (Lipinski definition) is 3. The summed E-state index contributed by atoms with van der Waals surface area (Å²) in [5.41, 5.74) is 1.15. The number of imidazole rings is 1. The zero-order valence-electron chi connectivity index (χ0n) is 11.3. The van der Waals surface area contributed by atoms with Crippen LogP contribution >= 0.6 is 0 Å². The fourth-order valence-corrected chi connectivity index (χ4v) is 2.52. The van der Waals surface area contributed by atoms with E-state index in [9.17, 15) is 10.2 Å². The standard InChI is InChI=1S/C12H17N5O3/c1-3-6-8(18)9(19)12(20-6)17-5-16-7-10(13-2)14-4-15-11(7)17/h4-6,8-9,12,18-19H,3H2,1-2H3,(H,13,14,15). The highest BCUT2D eigenvalue weighted by Gasteiger charge is 2.43. The molecule has 3 rings (SSSR count). The molecule has 1 saturated heterocycles. The summed E-state index contributed by atoms with van der Waals surface area (Å²) < 4.78 is 7.33. The third-order valence-corrected chi connectivity index (χ3v) is 3.61. The number of fused-ring (bicyclic) bond motifs is 1. The summed E-state index contributed by atoms with van der Waals surface area (Å²) in [5.74, 6) is 0.605. The summed E-state index contributed by atoms with van der Waals surface area (Å²) in [6.07, 6.45) is 0.578. The molecule has 108 valence electrons. The molecule has 1 fully saturated rings. The molecule has 2 aromatic heterocycles. The van der Waals surface area contributed by atoms with E-state index in [0.29, 0.717) is 23.4 Å². The second-order valence-electron chi connectivity index (χ2n) is 4.75. The summed E-state index contributed by atoms with van der Waals surface area (Å²) in [6.45, 7) is 1.90. The number of rotatable bonds is 3. The highest BCUT2D eigenvalue weighted by atomic mass is 16.6. The van der Waals surface area contributed by atoms with Crippen LogP contribution < -0.4 is 5.32 Å². The summed E-state index contributed by atoms with van der Waals surface area (Å²) in [5, 5.41) is 23.0. The van der Waals surface area contributed by atoms with Crippen molar-refractivity contribution >= 4 is 17.0 Å². The van der Waals surface area contributed by atoms with Gasteiger partial charge in [-0.1, -0.05) is 6.92 Å². The lowest BCUT2D eigenvalue weighted by atomic mass is 10.1. The van der Waals surface area contributed by atoms with Gasteiger partial charge in [0.25, 0.3) is 0 Å². The molecule has 1 aliphatic rings. The molecule has 0 amide bonds. The third kappa shape index (κ3) is 1.84. The van der Waals surface area contributed by atoms with Crippen LogP contribution in [0.5, 0.6) is 0 Å². The van der Waals surface area contributed by atoms with Crippen molar-refractivity contribution in [1.29, 1.82) is 0 Å². The first-order chi connectivity index (χ1) is 9.67. The SMILES string of the molecule is CCC1OC(n2cnc3c(NC)ncnc32)C(O)C1O. The lowest BCUT2D eigenvalue weighted by Crippen LogP contribution is -2.31. The Morgan fingerprint density at radius 3 is 2.75 bits per heavy atom. The number of aliphatic hydroxyl groups is 2. The predicted molar refractivity (Wildman–Crippen MR) is 71.1 cm³/mol. The topological polar surface area (TPSA) is 105 Å². The number of hydrogen-bond acceptors (Lipinski definition) is 7. The van der Waals surface area contributed by atoms with Gasteiger partial charge in [0.15, 0.2) is 17.7 Å². The first kappa shape index (κ1) is 13.2. The van der Waals surface area contributed by atoms with E-state index in [4.69, 9.17) is 4.74 Å². The molecular weight excluding hydrogens is 262 g/mol. The maximum atomic E-state index is 10.1. The Balaban J connectivity index is 2.03. The van der Waals surface area contributed by atoms with Crippen molar-refractivity contribution < 1.29 is 14.9 Å². The zero-order chi connectivity index (χ0) is 14.3. The Kier molecular flexibility index (Phi) is 3.28. The van der Waals surface area contributed by atoms with Crippen molar-refractivity contribution in [2.24, 2.45) is 0 Å². The average molecular weight is 279 g/mol. The molecule has 3 heterocycles. The first-order valence-electron chi connectivity index (χ1n) is 6.54. The van der Waals surface area contributed by atoms with E-state index in [1.54, 1.807) is 17.9 Å². The molecule has 4 unspecified atom stereocenters. The second kappa shape index (κ2) is 4.97. The zero-order valence-corrected chi connectivity index (χ0v) is 11.3. The molecule has 0 radical (unpaired) electrons. The van der Waals surface area contributed by atoms with Gasteiger partial charge in [0.2, 0.25) is 0 Å². The summed E-state index contributed by atoms with van der Waals surface area (Å²) in [6, 6.07) is 0. The van der Waals surface area contributed by atoms with Crippen molar-refractivity contribution in [3.63, 3.8) is 0 Å². The first-order valence-corrected chi connectivity index (χ1v) is 6.54. The molecule has 0 spiro atoms. The van der Waals surface area contributed by atoms with Gasteiger partial charge in [-0.2, -0.15) is 0 Å². The van der Waals surface area contributed by atoms with Gasteiger partial charge in [0.1, 0.15) is 24.1 Å². The normalized spacial score (nSPS) is 30.0. The largest absolute Gasteiger partial charge is 0.388 e. The molecule has 2 aromatic rings. The van der Waals surface area contributed by atoms with E-state index in [-0.39, 0.29) is 0 Å². The fraction of sp³-hybridized carbons (Fsp3) is 0.583. The Morgan fingerprint density at radius 2 is 2.10 bits per heavy atom. The highest BCUT2D eigenvalue weighted by Crippen LogP contribution is 2.33. The minimum Gasteiger partial charge on any atom is -0.388 e. The molecule has 8 nitrogen and oxygen atoms in total. The third-order valence-electron chi connectivity index (χ3n) is 3.61. The van der Waals surface area contributed by atoms with Gasteiger partial charge in [0, 0.05) is 7.05 Å². The molecule has 3 N–H and O–H groups in total. The van der Waals surface area contributed by atoms with Crippen molar-refractivity contribution in [2.45, 2.75) is 37.9 Å². The fourth-order valence-electron chi connectivity index (χ4n) is 2.52. The molecular formula is C12H17N5O3. The number of anilines is 1. The minimum atomic E-state index is -1.01. The summed E-state index contributed by atoms with van der Waals surface area (Å²) in [7, 11) is 1.75. The van der Waals surface area contributed by atoms with Crippen LogP contribution in [0.2, 0.25) is 0 Å². The van der Waals surface area contributed by atoms with Gasteiger partial charge in [-0.05, 0) is 6.42 Å². The smallest absolute Gasteiger partial charge is 0.167 e. The van der Waals surface area contributed by atoms with Crippen LogP contribution in [-0.4, -0.2) is 55.1 Å². The van der Waals surface area contributed by atoms with Crippen molar-refractivity contribution in [1.82, 2.24) is 19.5 Å². The summed E-state index contributed by atoms with van der Waals surface area (Å²) in [4.78, 5) is 12.5. The van der Waals surface area contributed by atoms with E-state index in [1.807, 2.05) is 6.92 Å². The van der Waals surface area contributed by atoms with Crippen LogP contribution in [0.15, 0.2) is 12.7 Å². The molecule has 0 bridgehead atoms. The quantitative estimate of drug-likeness (QED) is 0.720. The average Bonchev–Trinajstić information content (AvgIpc) is 3.01. The van der Waals surface area contributed by atoms with E-state index in [1.165, 1.54) is 6.33 Å². The van der Waals surface area contributed by atoms with Gasteiger partial charge in [-0.3, -0.25) is 4.57 Å². The number of nitrogens with zero attached hydrogens (tertiary/aromatic N) is 4. The molecule has 0 aliphatic carbocycles. The molecule has 1 aliphatic heterocycles. The lowest BCUT2D eigenvalue weighted by Gasteiger charge is -2.16. The number of nitrogens with one attached hydrogen (secondary N) is 1. The molecule has 0 saturated carbocycles. The minimum absolute atomic E-state index is 0.391. The maximum absolute atomic E-state index is 10.1. The van der Waals surface area contributed by atoms with Crippen LogP contribution in [0.1, 0.15) is 19.6 Å². The van der Waals surface area contributed by atoms with Crippen molar-refractivity contribution in [3.05, 3.63) is 12.7 Å². The van der Waals surface area contributed by atoms with Crippen LogP contribution in [0, 0.1) is 0 Å². The maximum Gasteiger partial charge on any atom is 0.167 e. The van der Waals surface area contributed by atoms with Crippen LogP contribution in [0.3, 0.4) is 0 Å². The number of aromatic nitrogens is 4. The van der Waals surface area contributed by atoms with Crippen LogP contribution in [-0.2, 0) is 4.74 Å². The molecule has 0 aromatic carbocycles.